The van der Waals surface area contributed by atoms with Crippen LogP contribution in [0.4, 0.5) is 0 Å². The zero-order valence-electron chi connectivity index (χ0n) is 18.2. The lowest BCUT2D eigenvalue weighted by Crippen LogP contribution is -2.41. The number of carbonyl (C=O) groups excluding carboxylic acids is 1. The number of nitrogens with zero attached hydrogens (tertiary/aromatic N) is 2. The van der Waals surface area contributed by atoms with Crippen molar-refractivity contribution in [2.45, 2.75) is 37.6 Å². The van der Waals surface area contributed by atoms with Crippen LogP contribution in [0.1, 0.15) is 47.3 Å². The fourth-order valence-corrected chi connectivity index (χ4v) is 5.67. The first-order valence-corrected chi connectivity index (χ1v) is 12.4. The highest BCUT2D eigenvalue weighted by atomic mass is 32.2. The van der Waals surface area contributed by atoms with Crippen molar-refractivity contribution in [1.29, 1.82) is 0 Å². The lowest BCUT2D eigenvalue weighted by Gasteiger charge is -2.30. The topological polar surface area (TPSA) is 66.9 Å². The highest BCUT2D eigenvalue weighted by Crippen LogP contribution is 2.34. The van der Waals surface area contributed by atoms with Gasteiger partial charge in [-0.1, -0.05) is 36.4 Å². The Morgan fingerprint density at radius 2 is 1.81 bits per heavy atom. The molecule has 1 aliphatic carbocycles. The van der Waals surface area contributed by atoms with Crippen LogP contribution >= 0.6 is 0 Å². The Morgan fingerprint density at radius 1 is 1.13 bits per heavy atom. The number of hydrogen-bond donors (Lipinski definition) is 0. The molecule has 2 aliphatic rings. The summed E-state index contributed by atoms with van der Waals surface area (Å²) < 4.78 is 33.2. The molecule has 0 bridgehead atoms. The first kappa shape index (κ1) is 22.0. The molecule has 0 aromatic heterocycles. The molecular formula is C24H30N2O4S. The van der Waals surface area contributed by atoms with Crippen molar-refractivity contribution in [3.05, 3.63) is 65.2 Å². The van der Waals surface area contributed by atoms with Gasteiger partial charge in [0.15, 0.2) is 0 Å². The molecule has 1 amide bonds. The second-order valence-corrected chi connectivity index (χ2v) is 10.4. The van der Waals surface area contributed by atoms with Crippen LogP contribution in [0.15, 0.2) is 53.4 Å². The summed E-state index contributed by atoms with van der Waals surface area (Å²) in [5.74, 6) is 0.402. The van der Waals surface area contributed by atoms with Crippen LogP contribution in [-0.4, -0.2) is 56.4 Å². The Bertz CT molecular complexity index is 1030. The van der Waals surface area contributed by atoms with Gasteiger partial charge in [0.2, 0.25) is 10.0 Å². The number of rotatable bonds is 7. The molecule has 7 heteroatoms. The van der Waals surface area contributed by atoms with Gasteiger partial charge < -0.3 is 9.64 Å². The average Bonchev–Trinajstić information content (AvgIpc) is 3.62. The molecule has 166 valence electrons. The summed E-state index contributed by atoms with van der Waals surface area (Å²) in [6.07, 6.45) is 2.27. The van der Waals surface area contributed by atoms with Gasteiger partial charge in [0.25, 0.3) is 5.91 Å². The third kappa shape index (κ3) is 4.84. The number of aryl methyl sites for hydroxylation is 1. The summed E-state index contributed by atoms with van der Waals surface area (Å²) in [4.78, 5) is 15.7. The summed E-state index contributed by atoms with van der Waals surface area (Å²) in [6.45, 7) is 5.94. The Kier molecular flexibility index (Phi) is 6.46. The van der Waals surface area contributed by atoms with E-state index in [9.17, 15) is 13.2 Å². The van der Waals surface area contributed by atoms with Crippen LogP contribution in [-0.2, 0) is 14.8 Å². The van der Waals surface area contributed by atoms with Crippen molar-refractivity contribution in [2.24, 2.45) is 5.92 Å². The predicted molar refractivity (Wildman–Crippen MR) is 119 cm³/mol. The molecule has 2 fully saturated rings. The molecule has 0 N–H and O–H groups in total. The first-order chi connectivity index (χ1) is 14.9. The van der Waals surface area contributed by atoms with Crippen molar-refractivity contribution in [3.63, 3.8) is 0 Å². The largest absolute Gasteiger partial charge is 0.379 e. The van der Waals surface area contributed by atoms with Gasteiger partial charge >= 0.3 is 0 Å². The van der Waals surface area contributed by atoms with E-state index in [2.05, 4.69) is 0 Å². The molecule has 1 heterocycles. The quantitative estimate of drug-likeness (QED) is 0.657. The minimum atomic E-state index is -3.67. The molecule has 4 rings (SSSR count). The number of amides is 1. The number of morpholine rings is 1. The van der Waals surface area contributed by atoms with E-state index in [1.807, 2.05) is 42.2 Å². The molecule has 1 aliphatic heterocycles. The minimum absolute atomic E-state index is 0.0881. The van der Waals surface area contributed by atoms with Crippen LogP contribution in [0.5, 0.6) is 0 Å². The molecule has 1 unspecified atom stereocenters. The lowest BCUT2D eigenvalue weighted by atomic mass is 10.0. The first-order valence-electron chi connectivity index (χ1n) is 10.9. The van der Waals surface area contributed by atoms with Crippen LogP contribution in [0.2, 0.25) is 0 Å². The van der Waals surface area contributed by atoms with Gasteiger partial charge in [0.1, 0.15) is 0 Å². The van der Waals surface area contributed by atoms with E-state index in [-0.39, 0.29) is 16.8 Å². The average molecular weight is 443 g/mol. The number of carbonyl (C=O) groups is 1. The summed E-state index contributed by atoms with van der Waals surface area (Å²) in [5.41, 5.74) is 2.14. The molecule has 0 spiro atoms. The Labute approximate surface area is 184 Å². The van der Waals surface area contributed by atoms with Crippen molar-refractivity contribution in [1.82, 2.24) is 9.21 Å². The highest BCUT2D eigenvalue weighted by molar-refractivity contribution is 7.89. The number of hydrogen-bond acceptors (Lipinski definition) is 4. The molecule has 6 nitrogen and oxygen atoms in total. The van der Waals surface area contributed by atoms with E-state index >= 15 is 0 Å². The molecular weight excluding hydrogens is 412 g/mol. The molecule has 1 saturated carbocycles. The van der Waals surface area contributed by atoms with E-state index in [4.69, 9.17) is 4.74 Å². The second kappa shape index (κ2) is 9.10. The third-order valence-corrected chi connectivity index (χ3v) is 8.23. The van der Waals surface area contributed by atoms with Gasteiger partial charge in [-0.2, -0.15) is 4.31 Å². The minimum Gasteiger partial charge on any atom is -0.379 e. The zero-order chi connectivity index (χ0) is 22.0. The van der Waals surface area contributed by atoms with E-state index in [1.54, 1.807) is 25.1 Å². The summed E-state index contributed by atoms with van der Waals surface area (Å²) in [7, 11) is -3.67. The smallest absolute Gasteiger partial charge is 0.254 e. The maximum atomic E-state index is 13.6. The van der Waals surface area contributed by atoms with Crippen LogP contribution in [0, 0.1) is 12.8 Å². The Morgan fingerprint density at radius 3 is 2.45 bits per heavy atom. The van der Waals surface area contributed by atoms with Gasteiger partial charge in [-0.05, 0) is 55.9 Å². The van der Waals surface area contributed by atoms with Crippen LogP contribution in [0.25, 0.3) is 0 Å². The van der Waals surface area contributed by atoms with E-state index < -0.39 is 10.0 Å². The maximum Gasteiger partial charge on any atom is 0.254 e. The zero-order valence-corrected chi connectivity index (χ0v) is 19.0. The molecule has 1 saturated heterocycles. The van der Waals surface area contributed by atoms with Crippen molar-refractivity contribution in [3.8, 4) is 0 Å². The van der Waals surface area contributed by atoms with E-state index in [1.165, 1.54) is 4.31 Å². The highest BCUT2D eigenvalue weighted by Gasteiger charge is 2.32. The van der Waals surface area contributed by atoms with Gasteiger partial charge in [-0.25, -0.2) is 8.42 Å². The number of benzene rings is 2. The third-order valence-electron chi connectivity index (χ3n) is 6.19. The standard InChI is InChI=1S/C24H30N2O4S/c1-18-8-11-22(16-23(18)31(28,29)25-12-14-30-15-13-25)24(27)26(17-20-9-10-20)19(2)21-6-4-3-5-7-21/h3-8,11,16,19-20H,9-10,12-15,17H2,1-2H3. The molecule has 2 aromatic carbocycles. The van der Waals surface area contributed by atoms with Crippen LogP contribution in [0.3, 0.4) is 0 Å². The fourth-order valence-electron chi connectivity index (χ4n) is 4.01. The van der Waals surface area contributed by atoms with Gasteiger partial charge in [0.05, 0.1) is 24.2 Å². The number of sulfonamides is 1. The van der Waals surface area contributed by atoms with Crippen molar-refractivity contribution in [2.75, 3.05) is 32.8 Å². The predicted octanol–water partition coefficient (Wildman–Crippen LogP) is 3.63. The molecule has 0 radical (unpaired) electrons. The lowest BCUT2D eigenvalue weighted by molar-refractivity contribution is 0.0679. The summed E-state index contributed by atoms with van der Waals surface area (Å²) in [6, 6.07) is 14.9. The summed E-state index contributed by atoms with van der Waals surface area (Å²) in [5, 5.41) is 0. The van der Waals surface area contributed by atoms with E-state index in [0.29, 0.717) is 49.9 Å². The van der Waals surface area contributed by atoms with Crippen LogP contribution < -0.4 is 0 Å². The van der Waals surface area contributed by atoms with E-state index in [0.717, 1.165) is 18.4 Å². The Balaban J connectivity index is 1.65. The van der Waals surface area contributed by atoms with Gasteiger partial charge in [-0.15, -0.1) is 0 Å². The summed E-state index contributed by atoms with van der Waals surface area (Å²) >= 11 is 0. The monoisotopic (exact) mass is 442 g/mol. The van der Waals surface area contributed by atoms with Gasteiger partial charge in [0, 0.05) is 25.2 Å². The van der Waals surface area contributed by atoms with Gasteiger partial charge in [-0.3, -0.25) is 4.79 Å². The second-order valence-electron chi connectivity index (χ2n) is 8.48. The number of ether oxygens (including phenoxy) is 1. The molecule has 2 aromatic rings. The normalized spacial score (nSPS) is 18.5. The van der Waals surface area contributed by atoms with Crippen molar-refractivity contribution >= 4 is 15.9 Å². The van der Waals surface area contributed by atoms with Crippen molar-refractivity contribution < 1.29 is 17.9 Å². The fraction of sp³-hybridized carbons (Fsp3) is 0.458. The SMILES string of the molecule is Cc1ccc(C(=O)N(CC2CC2)C(C)c2ccccc2)cc1S(=O)(=O)N1CCOCC1. The molecule has 1 atom stereocenters. The maximum absolute atomic E-state index is 13.6. The Hall–Kier alpha value is -2.22. The molecule has 31 heavy (non-hydrogen) atoms.